The van der Waals surface area contributed by atoms with E-state index in [1.54, 1.807) is 0 Å². The Labute approximate surface area is 116 Å². The molecule has 4 heteroatoms. The monoisotopic (exact) mass is 265 g/mol. The van der Waals surface area contributed by atoms with E-state index < -0.39 is 0 Å². The fourth-order valence-electron chi connectivity index (χ4n) is 2.28. The lowest BCUT2D eigenvalue weighted by atomic mass is 10.2. The molecule has 2 N–H and O–H groups in total. The van der Waals surface area contributed by atoms with Crippen LogP contribution in [-0.4, -0.2) is 15.9 Å². The summed E-state index contributed by atoms with van der Waals surface area (Å²) in [5.74, 6) is 0.393. The summed E-state index contributed by atoms with van der Waals surface area (Å²) in [5, 5.41) is 3.84. The van der Waals surface area contributed by atoms with Crippen LogP contribution in [0.2, 0.25) is 0 Å². The van der Waals surface area contributed by atoms with Crippen molar-refractivity contribution in [3.05, 3.63) is 59.4 Å². The molecule has 3 rings (SSSR count). The molecule has 100 valence electrons. The molecule has 0 aliphatic rings. The number of hydrogen-bond acceptors (Lipinski definition) is 2. The highest BCUT2D eigenvalue weighted by atomic mass is 16.1. The number of fused-ring (bicyclic) bond motifs is 1. The van der Waals surface area contributed by atoms with Crippen LogP contribution in [0.25, 0.3) is 10.9 Å². The molecule has 2 heterocycles. The first-order valence-corrected chi connectivity index (χ1v) is 6.46. The highest BCUT2D eigenvalue weighted by Gasteiger charge is 2.10. The van der Waals surface area contributed by atoms with E-state index in [4.69, 9.17) is 0 Å². The zero-order valence-corrected chi connectivity index (χ0v) is 11.4. The molecule has 0 unspecified atom stereocenters. The number of nitrogens with zero attached hydrogens (tertiary/aromatic N) is 1. The van der Waals surface area contributed by atoms with Crippen LogP contribution in [0.3, 0.4) is 0 Å². The Hall–Kier alpha value is -2.62. The molecule has 20 heavy (non-hydrogen) atoms. The lowest BCUT2D eigenvalue weighted by Gasteiger charge is -2.05. The summed E-state index contributed by atoms with van der Waals surface area (Å²) in [4.78, 5) is 19.6. The van der Waals surface area contributed by atoms with Gasteiger partial charge in [-0.3, -0.25) is 4.79 Å². The number of amides is 1. The van der Waals surface area contributed by atoms with Crippen LogP contribution in [0.15, 0.2) is 42.5 Å². The van der Waals surface area contributed by atoms with Crippen LogP contribution in [0, 0.1) is 13.8 Å². The lowest BCUT2D eigenvalue weighted by molar-refractivity contribution is 0.102. The molecule has 0 atom stereocenters. The zero-order valence-electron chi connectivity index (χ0n) is 11.4. The molecule has 3 aromatic rings. The first-order valence-electron chi connectivity index (χ1n) is 6.46. The van der Waals surface area contributed by atoms with Crippen molar-refractivity contribution in [1.29, 1.82) is 0 Å². The average molecular weight is 265 g/mol. The number of aryl methyl sites for hydroxylation is 2. The summed E-state index contributed by atoms with van der Waals surface area (Å²) in [6, 6.07) is 13.5. The Balaban J connectivity index is 1.88. The standard InChI is InChI=1S/C16H15N3O/c1-10-7-11(2)17-15(8-10)19-16(20)14-9-12-5-3-4-6-13(12)18-14/h3-9,18H,1-2H3,(H,17,19,20). The minimum absolute atomic E-state index is 0.182. The average Bonchev–Trinajstić information content (AvgIpc) is 2.81. The van der Waals surface area contributed by atoms with Gasteiger partial charge in [0, 0.05) is 16.6 Å². The fourth-order valence-corrected chi connectivity index (χ4v) is 2.28. The third-order valence-corrected chi connectivity index (χ3v) is 3.11. The zero-order chi connectivity index (χ0) is 14.1. The van der Waals surface area contributed by atoms with Crippen LogP contribution < -0.4 is 5.32 Å². The first kappa shape index (κ1) is 12.4. The number of rotatable bonds is 2. The van der Waals surface area contributed by atoms with E-state index in [1.165, 1.54) is 0 Å². The fraction of sp³-hybridized carbons (Fsp3) is 0.125. The molecule has 0 saturated heterocycles. The summed E-state index contributed by atoms with van der Waals surface area (Å²) >= 11 is 0. The number of para-hydroxylation sites is 1. The molecular weight excluding hydrogens is 250 g/mol. The minimum Gasteiger partial charge on any atom is -0.351 e. The van der Waals surface area contributed by atoms with Gasteiger partial charge in [0.1, 0.15) is 11.5 Å². The first-order chi connectivity index (χ1) is 9.61. The van der Waals surface area contributed by atoms with E-state index in [9.17, 15) is 4.79 Å². The molecule has 2 aromatic heterocycles. The van der Waals surface area contributed by atoms with Crippen molar-refractivity contribution in [2.45, 2.75) is 13.8 Å². The highest BCUT2D eigenvalue weighted by Crippen LogP contribution is 2.16. The number of anilines is 1. The minimum atomic E-state index is -0.182. The summed E-state index contributed by atoms with van der Waals surface area (Å²) in [5.41, 5.74) is 3.44. The number of hydrogen-bond donors (Lipinski definition) is 2. The maximum atomic E-state index is 12.2. The lowest BCUT2D eigenvalue weighted by Crippen LogP contribution is -2.13. The quantitative estimate of drug-likeness (QED) is 0.745. The summed E-state index contributed by atoms with van der Waals surface area (Å²) in [6.07, 6.45) is 0. The maximum Gasteiger partial charge on any atom is 0.273 e. The van der Waals surface area contributed by atoms with Crippen LogP contribution in [0.4, 0.5) is 5.82 Å². The van der Waals surface area contributed by atoms with Crippen molar-refractivity contribution in [2.24, 2.45) is 0 Å². The van der Waals surface area contributed by atoms with Crippen molar-refractivity contribution in [2.75, 3.05) is 5.32 Å². The number of nitrogens with one attached hydrogen (secondary N) is 2. The topological polar surface area (TPSA) is 57.8 Å². The SMILES string of the molecule is Cc1cc(C)nc(NC(=O)c2cc3ccccc3[nH]2)c1. The largest absolute Gasteiger partial charge is 0.351 e. The number of carbonyl (C=O) groups excluding carboxylic acids is 1. The predicted molar refractivity (Wildman–Crippen MR) is 80.0 cm³/mol. The van der Waals surface area contributed by atoms with Crippen molar-refractivity contribution in [1.82, 2.24) is 9.97 Å². The molecule has 0 aliphatic heterocycles. The van der Waals surface area contributed by atoms with Crippen molar-refractivity contribution in [3.8, 4) is 0 Å². The molecule has 0 fully saturated rings. The Morgan fingerprint density at radius 1 is 1.15 bits per heavy atom. The third-order valence-electron chi connectivity index (χ3n) is 3.11. The van der Waals surface area contributed by atoms with Crippen LogP contribution in [0.5, 0.6) is 0 Å². The molecule has 0 saturated carbocycles. The molecule has 0 aliphatic carbocycles. The predicted octanol–water partition coefficient (Wildman–Crippen LogP) is 3.43. The van der Waals surface area contributed by atoms with Gasteiger partial charge in [0.05, 0.1) is 0 Å². The number of benzene rings is 1. The number of aromatic nitrogens is 2. The van der Waals surface area contributed by atoms with Crippen LogP contribution >= 0.6 is 0 Å². The van der Waals surface area contributed by atoms with E-state index in [1.807, 2.05) is 56.3 Å². The molecule has 4 nitrogen and oxygen atoms in total. The molecular formula is C16H15N3O. The van der Waals surface area contributed by atoms with Crippen LogP contribution in [-0.2, 0) is 0 Å². The van der Waals surface area contributed by atoms with E-state index in [0.29, 0.717) is 11.5 Å². The number of aromatic amines is 1. The molecule has 1 aromatic carbocycles. The normalized spacial score (nSPS) is 10.7. The molecule has 0 spiro atoms. The molecule has 1 amide bonds. The summed E-state index contributed by atoms with van der Waals surface area (Å²) < 4.78 is 0. The third kappa shape index (κ3) is 2.40. The van der Waals surface area contributed by atoms with Gasteiger partial charge in [-0.05, 0) is 43.7 Å². The molecule has 0 radical (unpaired) electrons. The number of carbonyl (C=O) groups is 1. The Morgan fingerprint density at radius 2 is 1.95 bits per heavy atom. The number of pyridine rings is 1. The Bertz CT molecular complexity index is 736. The highest BCUT2D eigenvalue weighted by molar-refractivity contribution is 6.05. The van der Waals surface area contributed by atoms with Gasteiger partial charge in [-0.25, -0.2) is 4.98 Å². The van der Waals surface area contributed by atoms with Gasteiger partial charge >= 0.3 is 0 Å². The second-order valence-corrected chi connectivity index (χ2v) is 4.90. The van der Waals surface area contributed by atoms with Gasteiger partial charge in [-0.2, -0.15) is 0 Å². The van der Waals surface area contributed by atoms with E-state index in [-0.39, 0.29) is 5.91 Å². The Kier molecular flexibility index (Phi) is 2.99. The van der Waals surface area contributed by atoms with Gasteiger partial charge in [-0.1, -0.05) is 18.2 Å². The van der Waals surface area contributed by atoms with Gasteiger partial charge in [-0.15, -0.1) is 0 Å². The smallest absolute Gasteiger partial charge is 0.273 e. The van der Waals surface area contributed by atoms with E-state index in [2.05, 4.69) is 15.3 Å². The van der Waals surface area contributed by atoms with Gasteiger partial charge in [0.2, 0.25) is 0 Å². The van der Waals surface area contributed by atoms with Crippen molar-refractivity contribution >= 4 is 22.6 Å². The number of H-pyrrole nitrogens is 1. The summed E-state index contributed by atoms with van der Waals surface area (Å²) in [7, 11) is 0. The van der Waals surface area contributed by atoms with Gasteiger partial charge in [0.15, 0.2) is 0 Å². The second-order valence-electron chi connectivity index (χ2n) is 4.90. The molecule has 0 bridgehead atoms. The maximum absolute atomic E-state index is 12.2. The summed E-state index contributed by atoms with van der Waals surface area (Å²) in [6.45, 7) is 3.89. The van der Waals surface area contributed by atoms with Crippen molar-refractivity contribution in [3.63, 3.8) is 0 Å². The van der Waals surface area contributed by atoms with Gasteiger partial charge in [0.25, 0.3) is 5.91 Å². The van der Waals surface area contributed by atoms with E-state index in [0.717, 1.165) is 22.2 Å². The van der Waals surface area contributed by atoms with Crippen LogP contribution in [0.1, 0.15) is 21.7 Å². The van der Waals surface area contributed by atoms with E-state index >= 15 is 0 Å². The van der Waals surface area contributed by atoms with Gasteiger partial charge < -0.3 is 10.3 Å². The van der Waals surface area contributed by atoms with Crippen molar-refractivity contribution < 1.29 is 4.79 Å². The second kappa shape index (κ2) is 4.81. The Morgan fingerprint density at radius 3 is 2.70 bits per heavy atom.